The van der Waals surface area contributed by atoms with Gasteiger partial charge >= 0.3 is 0 Å². The van der Waals surface area contributed by atoms with Crippen LogP contribution in [0.4, 0.5) is 0 Å². The van der Waals surface area contributed by atoms with E-state index in [2.05, 4.69) is 18.8 Å². The van der Waals surface area contributed by atoms with Crippen LogP contribution in [0.2, 0.25) is 0 Å². The molecule has 0 bridgehead atoms. The Morgan fingerprint density at radius 1 is 1.39 bits per heavy atom. The minimum Gasteiger partial charge on any atom is -0.487 e. The molecule has 7 heteroatoms. The summed E-state index contributed by atoms with van der Waals surface area (Å²) in [5, 5.41) is 9.63. The summed E-state index contributed by atoms with van der Waals surface area (Å²) in [4.78, 5) is 2.16. The average Bonchev–Trinajstić information content (AvgIpc) is 2.63. The Hall–Kier alpha value is -1.59. The van der Waals surface area contributed by atoms with E-state index >= 15 is 0 Å². The first kappa shape index (κ1) is 22.7. The molecule has 0 radical (unpaired) electrons. The van der Waals surface area contributed by atoms with Crippen LogP contribution in [0.25, 0.3) is 0 Å². The third kappa shape index (κ3) is 5.26. The standard InChI is InChI=1S/C21H32N2O4S/c1-6-7-8-9-18-10-11-21-19(12-18)27-20(14-22(4)5)16(2)13-23(17(3)15-24)28(21,25)26/h10-12,16-17,20,24H,6-7,13-15H2,1-5H3/t16-,17-,20-/m0/s1. The fourth-order valence-electron chi connectivity index (χ4n) is 3.17. The van der Waals surface area contributed by atoms with E-state index in [4.69, 9.17) is 4.74 Å². The molecule has 0 saturated heterocycles. The van der Waals surface area contributed by atoms with E-state index in [1.807, 2.05) is 25.9 Å². The summed E-state index contributed by atoms with van der Waals surface area (Å²) in [6.07, 6.45) is 1.58. The number of likely N-dealkylation sites (N-methyl/N-ethyl adjacent to an activating group) is 1. The van der Waals surface area contributed by atoms with Gasteiger partial charge in [0.2, 0.25) is 10.0 Å². The second-order valence-electron chi connectivity index (χ2n) is 7.72. The molecule has 0 saturated carbocycles. The number of hydrogen-bond donors (Lipinski definition) is 1. The Morgan fingerprint density at radius 3 is 2.71 bits per heavy atom. The van der Waals surface area contributed by atoms with Gasteiger partial charge in [-0.25, -0.2) is 8.42 Å². The first-order valence-electron chi connectivity index (χ1n) is 9.77. The summed E-state index contributed by atoms with van der Waals surface area (Å²) in [5.41, 5.74) is 0.737. The summed E-state index contributed by atoms with van der Waals surface area (Å²) in [5.74, 6) is 6.45. The molecule has 1 aliphatic rings. The van der Waals surface area contributed by atoms with Crippen LogP contribution in [-0.4, -0.2) is 68.7 Å². The molecule has 1 aromatic carbocycles. The quantitative estimate of drug-likeness (QED) is 0.756. The van der Waals surface area contributed by atoms with Gasteiger partial charge in [-0.05, 0) is 45.6 Å². The van der Waals surface area contributed by atoms with Crippen molar-refractivity contribution in [1.82, 2.24) is 9.21 Å². The predicted octanol–water partition coefficient (Wildman–Crippen LogP) is 2.17. The van der Waals surface area contributed by atoms with Crippen LogP contribution >= 0.6 is 0 Å². The molecule has 156 valence electrons. The van der Waals surface area contributed by atoms with Gasteiger partial charge in [0, 0.05) is 37.0 Å². The molecule has 1 N–H and O–H groups in total. The fourth-order valence-corrected chi connectivity index (χ4v) is 5.00. The third-order valence-electron chi connectivity index (χ3n) is 4.82. The smallest absolute Gasteiger partial charge is 0.247 e. The number of unbranched alkanes of at least 4 members (excludes halogenated alkanes) is 1. The maximum atomic E-state index is 13.3. The Labute approximate surface area is 169 Å². The summed E-state index contributed by atoms with van der Waals surface area (Å²) in [6.45, 7) is 6.48. The number of ether oxygens (including phenoxy) is 1. The van der Waals surface area contributed by atoms with Crippen molar-refractivity contribution >= 4 is 10.0 Å². The first-order chi connectivity index (χ1) is 13.2. The summed E-state index contributed by atoms with van der Waals surface area (Å²) >= 11 is 0. The van der Waals surface area contributed by atoms with Crippen molar-refractivity contribution in [3.63, 3.8) is 0 Å². The maximum absolute atomic E-state index is 13.3. The molecule has 1 aromatic rings. The molecule has 3 atom stereocenters. The SMILES string of the molecule is CCCC#Cc1ccc2c(c1)O[C@@H](CN(C)C)[C@@H](C)CN([C@@H](C)CO)S2(=O)=O. The number of hydrogen-bond acceptors (Lipinski definition) is 5. The molecule has 0 aliphatic carbocycles. The lowest BCUT2D eigenvalue weighted by atomic mass is 10.0. The molecular formula is C21H32N2O4S. The van der Waals surface area contributed by atoms with Crippen molar-refractivity contribution < 1.29 is 18.3 Å². The van der Waals surface area contributed by atoms with E-state index < -0.39 is 16.1 Å². The van der Waals surface area contributed by atoms with Gasteiger partial charge in [0.05, 0.1) is 6.61 Å². The summed E-state index contributed by atoms with van der Waals surface area (Å²) in [7, 11) is 0.137. The van der Waals surface area contributed by atoms with Gasteiger partial charge in [-0.1, -0.05) is 25.7 Å². The highest BCUT2D eigenvalue weighted by molar-refractivity contribution is 7.89. The van der Waals surface area contributed by atoms with E-state index in [0.29, 0.717) is 18.8 Å². The number of aliphatic hydroxyl groups is 1. The lowest BCUT2D eigenvalue weighted by Crippen LogP contribution is -2.49. The number of sulfonamides is 1. The molecule has 0 spiro atoms. The molecule has 0 amide bonds. The highest BCUT2D eigenvalue weighted by atomic mass is 32.2. The second kappa shape index (κ2) is 9.75. The number of nitrogens with zero attached hydrogens (tertiary/aromatic N) is 2. The van der Waals surface area contributed by atoms with Crippen molar-refractivity contribution in [2.45, 2.75) is 50.7 Å². The Kier molecular flexibility index (Phi) is 7.90. The van der Waals surface area contributed by atoms with Crippen LogP contribution in [0.5, 0.6) is 5.75 Å². The molecule has 0 unspecified atom stereocenters. The van der Waals surface area contributed by atoms with Crippen LogP contribution in [-0.2, 0) is 10.0 Å². The molecule has 28 heavy (non-hydrogen) atoms. The zero-order chi connectivity index (χ0) is 20.9. The molecular weight excluding hydrogens is 376 g/mol. The highest BCUT2D eigenvalue weighted by Crippen LogP contribution is 2.34. The van der Waals surface area contributed by atoms with Gasteiger partial charge in [0.1, 0.15) is 16.7 Å². The Balaban J connectivity index is 2.57. The van der Waals surface area contributed by atoms with E-state index in [1.165, 1.54) is 4.31 Å². The molecule has 1 heterocycles. The van der Waals surface area contributed by atoms with Crippen LogP contribution in [0.3, 0.4) is 0 Å². The van der Waals surface area contributed by atoms with E-state index in [0.717, 1.165) is 18.4 Å². The van der Waals surface area contributed by atoms with Gasteiger partial charge in [-0.3, -0.25) is 0 Å². The number of benzene rings is 1. The van der Waals surface area contributed by atoms with Crippen LogP contribution in [0.1, 0.15) is 39.2 Å². The summed E-state index contributed by atoms with van der Waals surface area (Å²) < 4.78 is 34.2. The zero-order valence-corrected chi connectivity index (χ0v) is 18.3. The second-order valence-corrected chi connectivity index (χ2v) is 9.57. The first-order valence-corrected chi connectivity index (χ1v) is 11.2. The Bertz CT molecular complexity index is 827. The van der Waals surface area contributed by atoms with E-state index in [1.54, 1.807) is 25.1 Å². The predicted molar refractivity (Wildman–Crippen MR) is 111 cm³/mol. The number of aliphatic hydroxyl groups excluding tert-OH is 1. The molecule has 2 rings (SSSR count). The molecule has 0 fully saturated rings. The lowest BCUT2D eigenvalue weighted by Gasteiger charge is -2.37. The summed E-state index contributed by atoms with van der Waals surface area (Å²) in [6, 6.07) is 4.50. The zero-order valence-electron chi connectivity index (χ0n) is 17.5. The highest BCUT2D eigenvalue weighted by Gasteiger charge is 2.37. The molecule has 1 aliphatic heterocycles. The monoisotopic (exact) mass is 408 g/mol. The van der Waals surface area contributed by atoms with Gasteiger partial charge in [0.25, 0.3) is 0 Å². The van der Waals surface area contributed by atoms with Gasteiger partial charge in [0.15, 0.2) is 0 Å². The van der Waals surface area contributed by atoms with Crippen molar-refractivity contribution in [3.8, 4) is 17.6 Å². The molecule has 6 nitrogen and oxygen atoms in total. The number of rotatable bonds is 5. The largest absolute Gasteiger partial charge is 0.487 e. The lowest BCUT2D eigenvalue weighted by molar-refractivity contribution is 0.0812. The topological polar surface area (TPSA) is 70.1 Å². The third-order valence-corrected chi connectivity index (χ3v) is 6.84. The van der Waals surface area contributed by atoms with Gasteiger partial charge in [-0.2, -0.15) is 4.31 Å². The van der Waals surface area contributed by atoms with Crippen molar-refractivity contribution in [3.05, 3.63) is 23.8 Å². The fraction of sp³-hybridized carbons (Fsp3) is 0.619. The van der Waals surface area contributed by atoms with Crippen molar-refractivity contribution in [2.24, 2.45) is 5.92 Å². The van der Waals surface area contributed by atoms with Crippen LogP contribution in [0, 0.1) is 17.8 Å². The van der Waals surface area contributed by atoms with Crippen LogP contribution < -0.4 is 4.74 Å². The normalized spacial score (nSPS) is 23.0. The van der Waals surface area contributed by atoms with Gasteiger partial charge < -0.3 is 14.7 Å². The van der Waals surface area contributed by atoms with E-state index in [9.17, 15) is 13.5 Å². The Morgan fingerprint density at radius 2 is 2.11 bits per heavy atom. The average molecular weight is 409 g/mol. The van der Waals surface area contributed by atoms with Crippen molar-refractivity contribution in [2.75, 3.05) is 33.8 Å². The van der Waals surface area contributed by atoms with Gasteiger partial charge in [-0.15, -0.1) is 0 Å². The minimum atomic E-state index is -3.79. The number of fused-ring (bicyclic) bond motifs is 1. The minimum absolute atomic E-state index is 0.0471. The molecule has 0 aromatic heterocycles. The van der Waals surface area contributed by atoms with Crippen LogP contribution in [0.15, 0.2) is 23.1 Å². The maximum Gasteiger partial charge on any atom is 0.247 e. The van der Waals surface area contributed by atoms with Crippen molar-refractivity contribution in [1.29, 1.82) is 0 Å². The van der Waals surface area contributed by atoms with E-state index in [-0.39, 0.29) is 23.5 Å².